The molecule has 1 aliphatic heterocycles. The summed E-state index contributed by atoms with van der Waals surface area (Å²) in [5, 5.41) is 0. The molecule has 0 aromatic carbocycles. The van der Waals surface area contributed by atoms with Gasteiger partial charge in [-0.1, -0.05) is 20.3 Å². The fourth-order valence-corrected chi connectivity index (χ4v) is 3.94. The molecule has 2 unspecified atom stereocenters. The summed E-state index contributed by atoms with van der Waals surface area (Å²) in [5.41, 5.74) is 6.18. The van der Waals surface area contributed by atoms with Crippen LogP contribution in [0, 0.1) is 17.3 Å². The van der Waals surface area contributed by atoms with Gasteiger partial charge >= 0.3 is 0 Å². The SMILES string of the molecule is CCC1(CC)CCN(C(=O)C2CCCC(CN)C2)C1. The predicted octanol–water partition coefficient (Wildman–Crippen LogP) is 2.79. The van der Waals surface area contributed by atoms with Gasteiger partial charge in [0.05, 0.1) is 0 Å². The number of hydrogen-bond donors (Lipinski definition) is 1. The van der Waals surface area contributed by atoms with E-state index in [1.54, 1.807) is 0 Å². The monoisotopic (exact) mass is 266 g/mol. The predicted molar refractivity (Wildman–Crippen MR) is 78.7 cm³/mol. The van der Waals surface area contributed by atoms with Gasteiger partial charge < -0.3 is 10.6 Å². The lowest BCUT2D eigenvalue weighted by Crippen LogP contribution is -2.39. The molecule has 1 saturated carbocycles. The van der Waals surface area contributed by atoms with Crippen LogP contribution in [0.1, 0.15) is 58.8 Å². The van der Waals surface area contributed by atoms with Gasteiger partial charge in [0.1, 0.15) is 0 Å². The van der Waals surface area contributed by atoms with Gasteiger partial charge in [0.25, 0.3) is 0 Å². The van der Waals surface area contributed by atoms with E-state index in [1.165, 1.54) is 32.1 Å². The molecule has 0 radical (unpaired) electrons. The van der Waals surface area contributed by atoms with Gasteiger partial charge in [-0.05, 0) is 56.4 Å². The molecule has 1 saturated heterocycles. The van der Waals surface area contributed by atoms with Crippen LogP contribution in [0.3, 0.4) is 0 Å². The van der Waals surface area contributed by atoms with Gasteiger partial charge in [0, 0.05) is 19.0 Å². The van der Waals surface area contributed by atoms with Crippen LogP contribution in [0.4, 0.5) is 0 Å². The number of amides is 1. The molecule has 110 valence electrons. The Balaban J connectivity index is 1.93. The zero-order chi connectivity index (χ0) is 13.9. The molecule has 1 amide bonds. The number of carbonyl (C=O) groups excluding carboxylic acids is 1. The van der Waals surface area contributed by atoms with Crippen LogP contribution >= 0.6 is 0 Å². The maximum Gasteiger partial charge on any atom is 0.225 e. The van der Waals surface area contributed by atoms with Crippen LogP contribution in [-0.2, 0) is 4.79 Å². The average Bonchev–Trinajstić information content (AvgIpc) is 2.91. The third kappa shape index (κ3) is 3.13. The number of likely N-dealkylation sites (tertiary alicyclic amines) is 1. The highest BCUT2D eigenvalue weighted by molar-refractivity contribution is 5.79. The van der Waals surface area contributed by atoms with Gasteiger partial charge in [0.2, 0.25) is 5.91 Å². The van der Waals surface area contributed by atoms with Crippen molar-refractivity contribution in [1.29, 1.82) is 0 Å². The van der Waals surface area contributed by atoms with Crippen molar-refractivity contribution in [2.45, 2.75) is 58.8 Å². The largest absolute Gasteiger partial charge is 0.342 e. The van der Waals surface area contributed by atoms with Crippen molar-refractivity contribution in [2.75, 3.05) is 19.6 Å². The van der Waals surface area contributed by atoms with E-state index >= 15 is 0 Å². The molecule has 0 bridgehead atoms. The van der Waals surface area contributed by atoms with E-state index < -0.39 is 0 Å². The van der Waals surface area contributed by atoms with E-state index in [0.29, 0.717) is 17.2 Å². The molecule has 1 aliphatic carbocycles. The highest BCUT2D eigenvalue weighted by atomic mass is 16.2. The molecule has 19 heavy (non-hydrogen) atoms. The summed E-state index contributed by atoms with van der Waals surface area (Å²) in [7, 11) is 0. The normalized spacial score (nSPS) is 30.6. The first-order chi connectivity index (χ1) is 9.14. The number of rotatable bonds is 4. The third-order valence-corrected chi connectivity index (χ3v) is 5.72. The van der Waals surface area contributed by atoms with E-state index in [1.807, 2.05) is 0 Å². The zero-order valence-electron chi connectivity index (χ0n) is 12.7. The summed E-state index contributed by atoms with van der Waals surface area (Å²) in [4.78, 5) is 14.8. The summed E-state index contributed by atoms with van der Waals surface area (Å²) in [6.07, 6.45) is 8.09. The second-order valence-corrected chi connectivity index (χ2v) is 6.68. The Hall–Kier alpha value is -0.570. The Kier molecular flexibility index (Phi) is 4.88. The molecule has 1 heterocycles. The van der Waals surface area contributed by atoms with Crippen molar-refractivity contribution in [3.8, 4) is 0 Å². The molecule has 3 nitrogen and oxygen atoms in total. The van der Waals surface area contributed by atoms with Crippen molar-refractivity contribution in [2.24, 2.45) is 23.0 Å². The van der Waals surface area contributed by atoms with Crippen molar-refractivity contribution >= 4 is 5.91 Å². The van der Waals surface area contributed by atoms with Crippen molar-refractivity contribution in [1.82, 2.24) is 4.90 Å². The summed E-state index contributed by atoms with van der Waals surface area (Å²) in [5.74, 6) is 1.25. The van der Waals surface area contributed by atoms with E-state index in [2.05, 4.69) is 18.7 Å². The number of hydrogen-bond acceptors (Lipinski definition) is 2. The van der Waals surface area contributed by atoms with E-state index in [4.69, 9.17) is 5.73 Å². The second kappa shape index (κ2) is 6.25. The molecule has 0 aromatic rings. The van der Waals surface area contributed by atoms with Crippen LogP contribution in [0.15, 0.2) is 0 Å². The molecule has 0 aromatic heterocycles. The van der Waals surface area contributed by atoms with Crippen molar-refractivity contribution < 1.29 is 4.79 Å². The fraction of sp³-hybridized carbons (Fsp3) is 0.938. The van der Waals surface area contributed by atoms with Gasteiger partial charge in [-0.2, -0.15) is 0 Å². The Morgan fingerprint density at radius 3 is 2.63 bits per heavy atom. The molecule has 3 heteroatoms. The summed E-state index contributed by atoms with van der Waals surface area (Å²) >= 11 is 0. The van der Waals surface area contributed by atoms with Crippen LogP contribution in [0.5, 0.6) is 0 Å². The minimum Gasteiger partial charge on any atom is -0.342 e. The van der Waals surface area contributed by atoms with Gasteiger partial charge in [-0.15, -0.1) is 0 Å². The second-order valence-electron chi connectivity index (χ2n) is 6.68. The topological polar surface area (TPSA) is 46.3 Å². The number of carbonyl (C=O) groups is 1. The summed E-state index contributed by atoms with van der Waals surface area (Å²) < 4.78 is 0. The molecule has 2 fully saturated rings. The van der Waals surface area contributed by atoms with Crippen molar-refractivity contribution in [3.63, 3.8) is 0 Å². The Morgan fingerprint density at radius 2 is 2.05 bits per heavy atom. The minimum absolute atomic E-state index is 0.256. The minimum atomic E-state index is 0.256. The van der Waals surface area contributed by atoms with Crippen LogP contribution in [0.2, 0.25) is 0 Å². The molecular formula is C16H30N2O. The highest BCUT2D eigenvalue weighted by Crippen LogP contribution is 2.39. The number of nitrogens with two attached hydrogens (primary N) is 1. The Labute approximate surface area is 117 Å². The van der Waals surface area contributed by atoms with E-state index in [0.717, 1.165) is 32.5 Å². The summed E-state index contributed by atoms with van der Waals surface area (Å²) in [6, 6.07) is 0. The molecular weight excluding hydrogens is 236 g/mol. The molecule has 2 atom stereocenters. The van der Waals surface area contributed by atoms with Gasteiger partial charge in [0.15, 0.2) is 0 Å². The molecule has 2 rings (SSSR count). The molecule has 2 aliphatic rings. The highest BCUT2D eigenvalue weighted by Gasteiger charge is 2.39. The first-order valence-corrected chi connectivity index (χ1v) is 8.13. The molecule has 0 spiro atoms. The fourth-order valence-electron chi connectivity index (χ4n) is 3.94. The van der Waals surface area contributed by atoms with E-state index in [-0.39, 0.29) is 5.92 Å². The van der Waals surface area contributed by atoms with Crippen LogP contribution < -0.4 is 5.73 Å². The maximum atomic E-state index is 12.7. The van der Waals surface area contributed by atoms with Crippen LogP contribution in [0.25, 0.3) is 0 Å². The quantitative estimate of drug-likeness (QED) is 0.850. The zero-order valence-corrected chi connectivity index (χ0v) is 12.7. The lowest BCUT2D eigenvalue weighted by molar-refractivity contribution is -0.136. The lowest BCUT2D eigenvalue weighted by Gasteiger charge is -2.32. The van der Waals surface area contributed by atoms with Crippen molar-refractivity contribution in [3.05, 3.63) is 0 Å². The summed E-state index contributed by atoms with van der Waals surface area (Å²) in [6.45, 7) is 7.25. The van der Waals surface area contributed by atoms with Crippen LogP contribution in [-0.4, -0.2) is 30.4 Å². The Morgan fingerprint density at radius 1 is 1.32 bits per heavy atom. The third-order valence-electron chi connectivity index (χ3n) is 5.72. The van der Waals surface area contributed by atoms with E-state index in [9.17, 15) is 4.79 Å². The Bertz CT molecular complexity index is 312. The molecule has 2 N–H and O–H groups in total. The smallest absolute Gasteiger partial charge is 0.225 e. The standard InChI is InChI=1S/C16H30N2O/c1-3-16(4-2)8-9-18(12-16)15(19)14-7-5-6-13(10-14)11-17/h13-14H,3-12,17H2,1-2H3. The maximum absolute atomic E-state index is 12.7. The lowest BCUT2D eigenvalue weighted by atomic mass is 9.80. The number of nitrogens with zero attached hydrogens (tertiary/aromatic N) is 1. The first-order valence-electron chi connectivity index (χ1n) is 8.13. The first kappa shape index (κ1) is 14.8. The van der Waals surface area contributed by atoms with Gasteiger partial charge in [-0.25, -0.2) is 0 Å². The van der Waals surface area contributed by atoms with Gasteiger partial charge in [-0.3, -0.25) is 4.79 Å². The average molecular weight is 266 g/mol.